The molecule has 0 atom stereocenters. The summed E-state index contributed by atoms with van der Waals surface area (Å²) in [4.78, 5) is 23.1. The molecule has 0 saturated carbocycles. The predicted molar refractivity (Wildman–Crippen MR) is 133 cm³/mol. The molecule has 2 N–H and O–H groups in total. The van der Waals surface area contributed by atoms with Gasteiger partial charge >= 0.3 is 0 Å². The van der Waals surface area contributed by atoms with Crippen LogP contribution in [0.3, 0.4) is 0 Å². The molecule has 168 valence electrons. The number of nitrogens with zero attached hydrogens (tertiary/aromatic N) is 2. The monoisotopic (exact) mass is 478 g/mol. The summed E-state index contributed by atoms with van der Waals surface area (Å²) in [6, 6.07) is 13.1. The van der Waals surface area contributed by atoms with Crippen molar-refractivity contribution in [2.75, 3.05) is 24.1 Å². The molecule has 1 aliphatic rings. The second-order valence-electron chi connectivity index (χ2n) is 7.99. The summed E-state index contributed by atoms with van der Waals surface area (Å²) >= 11 is 1.47. The highest BCUT2D eigenvalue weighted by atomic mass is 32.2. The number of hydrogen-bond donors (Lipinski definition) is 2. The molecule has 4 heterocycles. The van der Waals surface area contributed by atoms with E-state index in [4.69, 9.17) is 0 Å². The average molecular weight is 479 g/mol. The number of hydrogen-bond acceptors (Lipinski definition) is 5. The second kappa shape index (κ2) is 8.49. The first-order valence-corrected chi connectivity index (χ1v) is 13.2. The van der Waals surface area contributed by atoms with E-state index in [9.17, 15) is 13.2 Å². The van der Waals surface area contributed by atoms with Crippen molar-refractivity contribution in [2.24, 2.45) is 0 Å². The molecular weight excluding hydrogens is 456 g/mol. The van der Waals surface area contributed by atoms with Gasteiger partial charge in [-0.2, -0.15) is 0 Å². The third-order valence-electron chi connectivity index (χ3n) is 5.60. The fourth-order valence-electron chi connectivity index (χ4n) is 4.06. The van der Waals surface area contributed by atoms with Gasteiger partial charge < -0.3 is 9.88 Å². The summed E-state index contributed by atoms with van der Waals surface area (Å²) < 4.78 is 25.7. The number of aromatic nitrogens is 2. The Hall–Kier alpha value is -3.43. The minimum absolute atomic E-state index is 0.0748. The van der Waals surface area contributed by atoms with Gasteiger partial charge in [-0.15, -0.1) is 11.3 Å². The number of carbonyl (C=O) groups excluding carboxylic acids is 1. The van der Waals surface area contributed by atoms with Gasteiger partial charge in [-0.1, -0.05) is 24.3 Å². The number of rotatable bonds is 5. The van der Waals surface area contributed by atoms with Crippen LogP contribution in [0.2, 0.25) is 0 Å². The maximum absolute atomic E-state index is 12.6. The lowest BCUT2D eigenvalue weighted by Crippen LogP contribution is -2.34. The number of benzene rings is 1. The zero-order valence-electron chi connectivity index (χ0n) is 17.9. The van der Waals surface area contributed by atoms with E-state index in [0.717, 1.165) is 45.3 Å². The van der Waals surface area contributed by atoms with E-state index in [1.807, 2.05) is 40.7 Å². The number of sulfonamides is 1. The van der Waals surface area contributed by atoms with Gasteiger partial charge in [0.2, 0.25) is 10.0 Å². The highest BCUT2D eigenvalue weighted by molar-refractivity contribution is 7.92. The fraction of sp³-hybridized carbons (Fsp3) is 0.167. The summed E-state index contributed by atoms with van der Waals surface area (Å²) in [5, 5.41) is 2.92. The van der Waals surface area contributed by atoms with E-state index in [-0.39, 0.29) is 5.91 Å². The smallest absolute Gasteiger partial charge is 0.264 e. The zero-order chi connectivity index (χ0) is 23.0. The average Bonchev–Trinajstić information content (AvgIpc) is 3.48. The summed E-state index contributed by atoms with van der Waals surface area (Å²) in [5.41, 5.74) is 5.32. The van der Waals surface area contributed by atoms with Crippen LogP contribution in [0, 0.1) is 0 Å². The molecule has 9 heteroatoms. The molecule has 0 spiro atoms. The number of H-pyrrole nitrogens is 1. The molecular formula is C24H22N4O3S2. The number of aromatic amines is 1. The Labute approximate surface area is 195 Å². The normalized spacial score (nSPS) is 14.3. The van der Waals surface area contributed by atoms with Gasteiger partial charge in [-0.25, -0.2) is 13.4 Å². The minimum atomic E-state index is -3.35. The Balaban J connectivity index is 1.43. The van der Waals surface area contributed by atoms with Gasteiger partial charge in [0.1, 0.15) is 5.65 Å². The van der Waals surface area contributed by atoms with Gasteiger partial charge in [-0.05, 0) is 47.2 Å². The van der Waals surface area contributed by atoms with Crippen LogP contribution in [0.1, 0.15) is 21.7 Å². The lowest BCUT2D eigenvalue weighted by Gasteiger charge is -2.26. The van der Waals surface area contributed by atoms with Gasteiger partial charge in [0.05, 0.1) is 11.1 Å². The van der Waals surface area contributed by atoms with E-state index >= 15 is 0 Å². The van der Waals surface area contributed by atoms with Crippen molar-refractivity contribution in [1.29, 1.82) is 0 Å². The first-order valence-electron chi connectivity index (χ1n) is 10.4. The Morgan fingerprint density at radius 1 is 1.18 bits per heavy atom. The van der Waals surface area contributed by atoms with Crippen molar-refractivity contribution in [3.8, 4) is 11.1 Å². The quantitative estimate of drug-likeness (QED) is 0.439. The first-order chi connectivity index (χ1) is 15.9. The number of nitrogens with one attached hydrogen (secondary N) is 2. The summed E-state index contributed by atoms with van der Waals surface area (Å²) in [6.45, 7) is 1.24. The second-order valence-corrected chi connectivity index (χ2v) is 10.7. The van der Waals surface area contributed by atoms with Gasteiger partial charge in [0, 0.05) is 47.7 Å². The highest BCUT2D eigenvalue weighted by Crippen LogP contribution is 2.32. The van der Waals surface area contributed by atoms with Crippen molar-refractivity contribution >= 4 is 49.6 Å². The molecule has 3 aromatic heterocycles. The molecule has 33 heavy (non-hydrogen) atoms. The Kier molecular flexibility index (Phi) is 5.51. The topological polar surface area (TPSA) is 95.2 Å². The molecule has 0 radical (unpaired) electrons. The largest absolute Gasteiger partial charge is 0.346 e. The highest BCUT2D eigenvalue weighted by Gasteiger charge is 2.21. The molecule has 0 bridgehead atoms. The van der Waals surface area contributed by atoms with Crippen LogP contribution < -0.4 is 4.72 Å². The molecule has 1 aromatic carbocycles. The lowest BCUT2D eigenvalue weighted by molar-refractivity contribution is 0.0777. The van der Waals surface area contributed by atoms with Crippen LogP contribution >= 0.6 is 11.3 Å². The van der Waals surface area contributed by atoms with Crippen LogP contribution in [-0.2, 0) is 10.0 Å². The van der Waals surface area contributed by atoms with E-state index in [2.05, 4.69) is 26.8 Å². The molecule has 7 nitrogen and oxygen atoms in total. The maximum Gasteiger partial charge on any atom is 0.264 e. The van der Waals surface area contributed by atoms with Crippen molar-refractivity contribution in [3.05, 3.63) is 76.8 Å². The first kappa shape index (κ1) is 21.4. The molecule has 5 rings (SSSR count). The summed E-state index contributed by atoms with van der Waals surface area (Å²) in [7, 11) is -3.35. The van der Waals surface area contributed by atoms with Crippen LogP contribution in [0.25, 0.3) is 27.7 Å². The van der Waals surface area contributed by atoms with E-state index in [0.29, 0.717) is 18.8 Å². The summed E-state index contributed by atoms with van der Waals surface area (Å²) in [5.74, 6) is 0.0748. The van der Waals surface area contributed by atoms with Crippen LogP contribution in [0.5, 0.6) is 0 Å². The van der Waals surface area contributed by atoms with Gasteiger partial charge in [0.15, 0.2) is 0 Å². The molecule has 0 fully saturated rings. The van der Waals surface area contributed by atoms with E-state index in [1.165, 1.54) is 16.9 Å². The summed E-state index contributed by atoms with van der Waals surface area (Å²) in [6.07, 6.45) is 7.75. The predicted octanol–water partition coefficient (Wildman–Crippen LogP) is 4.59. The van der Waals surface area contributed by atoms with E-state index < -0.39 is 10.0 Å². The number of pyridine rings is 1. The number of carbonyl (C=O) groups is 1. The van der Waals surface area contributed by atoms with Gasteiger partial charge in [0.25, 0.3) is 5.91 Å². The molecule has 0 unspecified atom stereocenters. The molecule has 0 saturated heterocycles. The number of fused-ring (bicyclic) bond motifs is 1. The van der Waals surface area contributed by atoms with Crippen LogP contribution in [-0.4, -0.2) is 48.5 Å². The Bertz CT molecular complexity index is 1470. The zero-order valence-corrected chi connectivity index (χ0v) is 19.5. The molecule has 0 aliphatic carbocycles. The maximum atomic E-state index is 12.6. The molecule has 1 amide bonds. The standard InChI is InChI=1S/C24H22N4O3S2/c1-33(30,31)27-19-5-2-4-17(12-19)18-13-20-21(15-26-23(20)25-14-18)16-7-9-28(10-8-16)24(29)22-6-3-11-32-22/h2-7,11-15,27H,8-10H2,1H3,(H,25,26). The van der Waals surface area contributed by atoms with Crippen LogP contribution in [0.4, 0.5) is 5.69 Å². The van der Waals surface area contributed by atoms with Crippen molar-refractivity contribution in [2.45, 2.75) is 6.42 Å². The number of thiophene rings is 1. The van der Waals surface area contributed by atoms with Gasteiger partial charge in [-0.3, -0.25) is 9.52 Å². The number of amides is 1. The third-order valence-corrected chi connectivity index (χ3v) is 7.07. The third kappa shape index (κ3) is 4.55. The molecule has 4 aromatic rings. The molecule has 1 aliphatic heterocycles. The fourth-order valence-corrected chi connectivity index (χ4v) is 5.30. The lowest BCUT2D eigenvalue weighted by atomic mass is 9.98. The Morgan fingerprint density at radius 2 is 2.06 bits per heavy atom. The van der Waals surface area contributed by atoms with Crippen LogP contribution in [0.15, 0.2) is 66.3 Å². The van der Waals surface area contributed by atoms with Crippen molar-refractivity contribution in [1.82, 2.24) is 14.9 Å². The minimum Gasteiger partial charge on any atom is -0.346 e. The number of anilines is 1. The van der Waals surface area contributed by atoms with Crippen molar-refractivity contribution in [3.63, 3.8) is 0 Å². The van der Waals surface area contributed by atoms with E-state index in [1.54, 1.807) is 18.3 Å². The van der Waals surface area contributed by atoms with Crippen molar-refractivity contribution < 1.29 is 13.2 Å². The SMILES string of the molecule is CS(=O)(=O)Nc1cccc(-c2cnc3[nH]cc(C4=CCN(C(=O)c5cccs5)CC4)c3c2)c1. The Morgan fingerprint density at radius 3 is 2.79 bits per heavy atom.